The lowest BCUT2D eigenvalue weighted by Gasteiger charge is -2.34. The SMILES string of the molecule is Cc1nc(Nc2ncc3ccc4ccc(C(C)C)n4c3n2)ccc1N1CCN(C)CC1. The molecule has 0 radical (unpaired) electrons. The maximum Gasteiger partial charge on any atom is 0.230 e. The lowest BCUT2D eigenvalue weighted by Crippen LogP contribution is -2.44. The molecule has 1 N–H and O–H groups in total. The normalized spacial score (nSPS) is 15.3. The number of piperazine rings is 1. The molecule has 5 rings (SSSR count). The van der Waals surface area contributed by atoms with Gasteiger partial charge in [-0.15, -0.1) is 0 Å². The van der Waals surface area contributed by atoms with E-state index in [1.54, 1.807) is 0 Å². The van der Waals surface area contributed by atoms with Crippen molar-refractivity contribution >= 4 is 34.0 Å². The Bertz CT molecular complexity index is 1240. The second kappa shape index (κ2) is 7.81. The van der Waals surface area contributed by atoms with Crippen LogP contribution in [0.3, 0.4) is 0 Å². The number of aryl methyl sites for hydroxylation is 1. The Kier molecular flexibility index (Phi) is 4.98. The predicted molar refractivity (Wildman–Crippen MR) is 127 cm³/mol. The monoisotopic (exact) mass is 415 g/mol. The molecule has 31 heavy (non-hydrogen) atoms. The summed E-state index contributed by atoms with van der Waals surface area (Å²) in [7, 11) is 2.17. The lowest BCUT2D eigenvalue weighted by molar-refractivity contribution is 0.312. The molecule has 0 amide bonds. The van der Waals surface area contributed by atoms with Gasteiger partial charge in [0, 0.05) is 49.0 Å². The van der Waals surface area contributed by atoms with Gasteiger partial charge in [0.2, 0.25) is 5.95 Å². The van der Waals surface area contributed by atoms with E-state index in [-0.39, 0.29) is 0 Å². The third kappa shape index (κ3) is 3.70. The smallest absolute Gasteiger partial charge is 0.230 e. The zero-order chi connectivity index (χ0) is 21.5. The van der Waals surface area contributed by atoms with E-state index in [9.17, 15) is 0 Å². The van der Waals surface area contributed by atoms with Crippen LogP contribution in [0.15, 0.2) is 42.6 Å². The Hall–Kier alpha value is -3.19. The Labute approximate surface area is 182 Å². The minimum Gasteiger partial charge on any atom is -0.368 e. The number of nitrogens with one attached hydrogen (secondary N) is 1. The zero-order valence-corrected chi connectivity index (χ0v) is 18.6. The summed E-state index contributed by atoms with van der Waals surface area (Å²) in [6.07, 6.45) is 1.87. The Morgan fingerprint density at radius 1 is 0.935 bits per heavy atom. The maximum absolute atomic E-state index is 4.85. The molecule has 1 saturated heterocycles. The molecule has 0 unspecified atom stereocenters. The molecule has 4 aromatic heterocycles. The molecule has 0 atom stereocenters. The minimum absolute atomic E-state index is 0.408. The molecular formula is C24H29N7. The van der Waals surface area contributed by atoms with Gasteiger partial charge in [-0.25, -0.2) is 9.97 Å². The predicted octanol–water partition coefficient (Wildman–Crippen LogP) is 4.20. The molecule has 4 aromatic rings. The average Bonchev–Trinajstić information content (AvgIpc) is 3.20. The van der Waals surface area contributed by atoms with Crippen LogP contribution < -0.4 is 10.2 Å². The third-order valence-corrected chi connectivity index (χ3v) is 6.12. The van der Waals surface area contributed by atoms with E-state index in [2.05, 4.69) is 82.7 Å². The summed E-state index contributed by atoms with van der Waals surface area (Å²) in [6.45, 7) is 10.7. The lowest BCUT2D eigenvalue weighted by atomic mass is 10.1. The van der Waals surface area contributed by atoms with E-state index < -0.39 is 0 Å². The van der Waals surface area contributed by atoms with Gasteiger partial charge in [-0.05, 0) is 56.3 Å². The molecule has 1 aliphatic heterocycles. The fourth-order valence-corrected chi connectivity index (χ4v) is 4.33. The highest BCUT2D eigenvalue weighted by Crippen LogP contribution is 2.26. The van der Waals surface area contributed by atoms with Gasteiger partial charge in [0.05, 0.1) is 11.4 Å². The summed E-state index contributed by atoms with van der Waals surface area (Å²) >= 11 is 0. The number of aromatic nitrogens is 4. The van der Waals surface area contributed by atoms with Crippen molar-refractivity contribution in [2.45, 2.75) is 26.7 Å². The molecule has 0 aliphatic carbocycles. The molecule has 7 heteroatoms. The van der Waals surface area contributed by atoms with E-state index in [0.29, 0.717) is 11.9 Å². The second-order valence-corrected chi connectivity index (χ2v) is 8.70. The van der Waals surface area contributed by atoms with Crippen molar-refractivity contribution in [2.75, 3.05) is 43.4 Å². The highest BCUT2D eigenvalue weighted by Gasteiger charge is 2.17. The van der Waals surface area contributed by atoms with Gasteiger partial charge < -0.3 is 15.1 Å². The van der Waals surface area contributed by atoms with Crippen molar-refractivity contribution in [3.63, 3.8) is 0 Å². The van der Waals surface area contributed by atoms with E-state index in [0.717, 1.165) is 54.2 Å². The molecule has 0 spiro atoms. The fourth-order valence-electron chi connectivity index (χ4n) is 4.33. The van der Waals surface area contributed by atoms with Gasteiger partial charge in [-0.2, -0.15) is 4.98 Å². The van der Waals surface area contributed by atoms with Crippen LogP contribution in [0.5, 0.6) is 0 Å². The molecule has 7 nitrogen and oxygen atoms in total. The zero-order valence-electron chi connectivity index (χ0n) is 18.6. The van der Waals surface area contributed by atoms with Crippen molar-refractivity contribution in [1.29, 1.82) is 0 Å². The summed E-state index contributed by atoms with van der Waals surface area (Å²) < 4.78 is 2.22. The standard InChI is InChI=1S/C24H29N7/c1-16(2)20-8-7-19-6-5-18-15-25-24(28-23(18)31(19)20)27-22-10-9-21(17(3)26-22)30-13-11-29(4)12-14-30/h5-10,15-16H,11-14H2,1-4H3,(H,25,26,27,28). The van der Waals surface area contributed by atoms with Gasteiger partial charge in [-0.1, -0.05) is 13.8 Å². The molecule has 5 heterocycles. The second-order valence-electron chi connectivity index (χ2n) is 8.70. The van der Waals surface area contributed by atoms with Crippen LogP contribution in [0, 0.1) is 6.92 Å². The van der Waals surface area contributed by atoms with Crippen LogP contribution in [0.25, 0.3) is 16.6 Å². The number of fused-ring (bicyclic) bond motifs is 3. The first-order valence-corrected chi connectivity index (χ1v) is 10.9. The van der Waals surface area contributed by atoms with E-state index in [4.69, 9.17) is 9.97 Å². The summed E-state index contributed by atoms with van der Waals surface area (Å²) in [6, 6.07) is 12.7. The highest BCUT2D eigenvalue weighted by molar-refractivity contribution is 5.80. The number of hydrogen-bond acceptors (Lipinski definition) is 6. The summed E-state index contributed by atoms with van der Waals surface area (Å²) in [4.78, 5) is 18.9. The Morgan fingerprint density at radius 2 is 1.71 bits per heavy atom. The quantitative estimate of drug-likeness (QED) is 0.539. The van der Waals surface area contributed by atoms with Crippen molar-refractivity contribution in [1.82, 2.24) is 24.3 Å². The van der Waals surface area contributed by atoms with Gasteiger partial charge in [0.15, 0.2) is 0 Å². The molecule has 1 aliphatic rings. The van der Waals surface area contributed by atoms with Crippen LogP contribution in [0.4, 0.5) is 17.5 Å². The maximum atomic E-state index is 4.85. The minimum atomic E-state index is 0.408. The van der Waals surface area contributed by atoms with Gasteiger partial charge in [0.1, 0.15) is 11.5 Å². The first-order chi connectivity index (χ1) is 15.0. The number of likely N-dealkylation sites (N-methyl/N-ethyl adjacent to an activating group) is 1. The molecule has 0 bridgehead atoms. The van der Waals surface area contributed by atoms with E-state index >= 15 is 0 Å². The number of hydrogen-bond donors (Lipinski definition) is 1. The average molecular weight is 416 g/mol. The van der Waals surface area contributed by atoms with Crippen molar-refractivity contribution in [2.24, 2.45) is 0 Å². The molecule has 0 saturated carbocycles. The first kappa shape index (κ1) is 19.8. The van der Waals surface area contributed by atoms with Crippen LogP contribution in [-0.2, 0) is 0 Å². The summed E-state index contributed by atoms with van der Waals surface area (Å²) in [5, 5.41) is 4.33. The van der Waals surface area contributed by atoms with Crippen molar-refractivity contribution in [3.05, 3.63) is 54.0 Å². The highest BCUT2D eigenvalue weighted by atomic mass is 15.3. The van der Waals surface area contributed by atoms with Gasteiger partial charge >= 0.3 is 0 Å². The van der Waals surface area contributed by atoms with Crippen LogP contribution in [0.1, 0.15) is 31.2 Å². The van der Waals surface area contributed by atoms with E-state index in [1.807, 2.05) is 12.3 Å². The molecular weight excluding hydrogens is 386 g/mol. The number of anilines is 3. The number of nitrogens with zero attached hydrogens (tertiary/aromatic N) is 6. The fraction of sp³-hybridized carbons (Fsp3) is 0.375. The Morgan fingerprint density at radius 3 is 2.45 bits per heavy atom. The summed E-state index contributed by atoms with van der Waals surface area (Å²) in [5.74, 6) is 1.73. The van der Waals surface area contributed by atoms with Crippen LogP contribution in [-0.4, -0.2) is 57.5 Å². The van der Waals surface area contributed by atoms with Gasteiger partial charge in [-0.3, -0.25) is 4.40 Å². The largest absolute Gasteiger partial charge is 0.368 e. The van der Waals surface area contributed by atoms with Crippen molar-refractivity contribution < 1.29 is 0 Å². The van der Waals surface area contributed by atoms with E-state index in [1.165, 1.54) is 11.4 Å². The first-order valence-electron chi connectivity index (χ1n) is 10.9. The van der Waals surface area contributed by atoms with Crippen LogP contribution >= 0.6 is 0 Å². The molecule has 160 valence electrons. The topological polar surface area (TPSA) is 61.6 Å². The summed E-state index contributed by atoms with van der Waals surface area (Å²) in [5.41, 5.74) is 5.52. The molecule has 1 fully saturated rings. The van der Waals surface area contributed by atoms with Gasteiger partial charge in [0.25, 0.3) is 0 Å². The number of pyridine rings is 2. The van der Waals surface area contributed by atoms with Crippen LogP contribution in [0.2, 0.25) is 0 Å². The number of rotatable bonds is 4. The Balaban J connectivity index is 1.46. The molecule has 0 aromatic carbocycles. The third-order valence-electron chi connectivity index (χ3n) is 6.12. The van der Waals surface area contributed by atoms with Crippen molar-refractivity contribution in [3.8, 4) is 0 Å².